The molecular formula is C13H11FN2O3. The lowest BCUT2D eigenvalue weighted by Crippen LogP contribution is -2.05. The van der Waals surface area contributed by atoms with Crippen molar-refractivity contribution < 1.29 is 18.7 Å². The molecule has 0 N–H and O–H groups in total. The monoisotopic (exact) mass is 262 g/mol. The van der Waals surface area contributed by atoms with Crippen molar-refractivity contribution in [2.24, 2.45) is 0 Å². The standard InChI is InChI=1S/C13H11FN2O3/c14-12-6-15-13(11(16-12)8-18-9-17)19-7-10-4-2-1-3-5-10/h1-6,9H,7-8H2. The molecule has 0 amide bonds. The lowest BCUT2D eigenvalue weighted by Gasteiger charge is -2.08. The molecule has 2 rings (SSSR count). The zero-order valence-electron chi connectivity index (χ0n) is 9.95. The van der Waals surface area contributed by atoms with Crippen molar-refractivity contribution in [3.8, 4) is 5.88 Å². The van der Waals surface area contributed by atoms with Gasteiger partial charge < -0.3 is 9.47 Å². The fourth-order valence-electron chi connectivity index (χ4n) is 1.45. The number of hydrogen-bond donors (Lipinski definition) is 0. The summed E-state index contributed by atoms with van der Waals surface area (Å²) in [6.07, 6.45) is 0.949. The number of carbonyl (C=O) groups excluding carboxylic acids is 1. The quantitative estimate of drug-likeness (QED) is 0.744. The molecule has 1 heterocycles. The molecule has 1 aromatic heterocycles. The SMILES string of the molecule is O=COCc1nc(F)cnc1OCc1ccccc1. The second-order valence-corrected chi connectivity index (χ2v) is 3.63. The number of aromatic nitrogens is 2. The van der Waals surface area contributed by atoms with Crippen LogP contribution in [0.1, 0.15) is 11.3 Å². The summed E-state index contributed by atoms with van der Waals surface area (Å²) in [5.41, 5.74) is 1.08. The lowest BCUT2D eigenvalue weighted by atomic mass is 10.2. The third kappa shape index (κ3) is 3.74. The molecule has 0 aliphatic carbocycles. The van der Waals surface area contributed by atoms with Crippen molar-refractivity contribution in [3.05, 3.63) is 53.7 Å². The average molecular weight is 262 g/mol. The summed E-state index contributed by atoms with van der Waals surface area (Å²) in [7, 11) is 0. The maximum Gasteiger partial charge on any atom is 0.293 e. The van der Waals surface area contributed by atoms with Gasteiger partial charge in [-0.2, -0.15) is 4.39 Å². The van der Waals surface area contributed by atoms with E-state index in [0.29, 0.717) is 0 Å². The van der Waals surface area contributed by atoms with Crippen molar-refractivity contribution in [2.75, 3.05) is 0 Å². The van der Waals surface area contributed by atoms with Gasteiger partial charge in [0.15, 0.2) is 0 Å². The van der Waals surface area contributed by atoms with Crippen LogP contribution in [0.5, 0.6) is 5.88 Å². The third-order valence-electron chi connectivity index (χ3n) is 2.28. The first-order valence-electron chi connectivity index (χ1n) is 5.53. The number of benzene rings is 1. The minimum Gasteiger partial charge on any atom is -0.471 e. The van der Waals surface area contributed by atoms with E-state index in [2.05, 4.69) is 14.7 Å². The summed E-state index contributed by atoms with van der Waals surface area (Å²) < 4.78 is 22.9. The number of ether oxygens (including phenoxy) is 2. The fourth-order valence-corrected chi connectivity index (χ4v) is 1.45. The van der Waals surface area contributed by atoms with E-state index >= 15 is 0 Å². The minimum atomic E-state index is -0.753. The highest BCUT2D eigenvalue weighted by atomic mass is 19.1. The lowest BCUT2D eigenvalue weighted by molar-refractivity contribution is -0.130. The Bertz CT molecular complexity index is 549. The average Bonchev–Trinajstić information content (AvgIpc) is 2.45. The van der Waals surface area contributed by atoms with Gasteiger partial charge in [0.05, 0.1) is 6.20 Å². The Morgan fingerprint density at radius 1 is 1.21 bits per heavy atom. The van der Waals surface area contributed by atoms with Gasteiger partial charge in [0, 0.05) is 0 Å². The van der Waals surface area contributed by atoms with Gasteiger partial charge in [-0.25, -0.2) is 9.97 Å². The molecule has 0 fully saturated rings. The maximum atomic E-state index is 13.0. The summed E-state index contributed by atoms with van der Waals surface area (Å²) in [4.78, 5) is 17.5. The molecule has 0 saturated carbocycles. The van der Waals surface area contributed by atoms with E-state index < -0.39 is 5.95 Å². The molecule has 0 radical (unpaired) electrons. The Balaban J connectivity index is 2.08. The molecule has 19 heavy (non-hydrogen) atoms. The summed E-state index contributed by atoms with van der Waals surface area (Å²) in [5, 5.41) is 0. The van der Waals surface area contributed by atoms with Crippen molar-refractivity contribution in [1.82, 2.24) is 9.97 Å². The number of rotatable bonds is 6. The van der Waals surface area contributed by atoms with Crippen LogP contribution in [0.15, 0.2) is 36.5 Å². The Kier molecular flexibility index (Phi) is 4.39. The van der Waals surface area contributed by atoms with Crippen molar-refractivity contribution >= 4 is 6.47 Å². The molecule has 1 aromatic carbocycles. The molecule has 0 aliphatic rings. The molecule has 0 saturated heterocycles. The Morgan fingerprint density at radius 2 is 2.00 bits per heavy atom. The summed E-state index contributed by atoms with van der Waals surface area (Å²) >= 11 is 0. The number of carbonyl (C=O) groups is 1. The van der Waals surface area contributed by atoms with Crippen LogP contribution in [0.3, 0.4) is 0 Å². The molecule has 2 aromatic rings. The highest BCUT2D eigenvalue weighted by Crippen LogP contribution is 2.15. The molecule has 0 unspecified atom stereocenters. The first-order chi connectivity index (χ1) is 9.29. The Morgan fingerprint density at radius 3 is 2.74 bits per heavy atom. The van der Waals surface area contributed by atoms with E-state index in [1.54, 1.807) is 0 Å². The van der Waals surface area contributed by atoms with Gasteiger partial charge in [0.2, 0.25) is 11.8 Å². The van der Waals surface area contributed by atoms with Crippen LogP contribution in [-0.4, -0.2) is 16.4 Å². The molecule has 0 bridgehead atoms. The van der Waals surface area contributed by atoms with Crippen molar-refractivity contribution in [1.29, 1.82) is 0 Å². The van der Waals surface area contributed by atoms with Crippen LogP contribution in [0.25, 0.3) is 0 Å². The molecule has 5 nitrogen and oxygen atoms in total. The second kappa shape index (κ2) is 6.44. The van der Waals surface area contributed by atoms with Crippen LogP contribution in [0, 0.1) is 5.95 Å². The van der Waals surface area contributed by atoms with Crippen molar-refractivity contribution in [3.63, 3.8) is 0 Å². The maximum absolute atomic E-state index is 13.0. The van der Waals surface area contributed by atoms with Crippen LogP contribution in [-0.2, 0) is 22.7 Å². The van der Waals surface area contributed by atoms with Gasteiger partial charge in [-0.15, -0.1) is 0 Å². The van der Waals surface area contributed by atoms with Gasteiger partial charge in [-0.3, -0.25) is 4.79 Å². The molecule has 0 aliphatic heterocycles. The van der Waals surface area contributed by atoms with Gasteiger partial charge in [0.1, 0.15) is 18.9 Å². The predicted octanol–water partition coefficient (Wildman–Crippen LogP) is 1.87. The normalized spacial score (nSPS) is 9.95. The van der Waals surface area contributed by atoms with Crippen molar-refractivity contribution in [2.45, 2.75) is 13.2 Å². The third-order valence-corrected chi connectivity index (χ3v) is 2.28. The summed E-state index contributed by atoms with van der Waals surface area (Å²) in [5.74, 6) is -0.608. The van der Waals surface area contributed by atoms with E-state index in [0.717, 1.165) is 11.8 Å². The Hall–Kier alpha value is -2.50. The van der Waals surface area contributed by atoms with Crippen LogP contribution >= 0.6 is 0 Å². The van der Waals surface area contributed by atoms with E-state index in [1.807, 2.05) is 30.3 Å². The van der Waals surface area contributed by atoms with Gasteiger partial charge in [-0.1, -0.05) is 30.3 Å². The van der Waals surface area contributed by atoms with Gasteiger partial charge in [-0.05, 0) is 5.56 Å². The highest BCUT2D eigenvalue weighted by Gasteiger charge is 2.10. The molecule has 0 atom stereocenters. The van der Waals surface area contributed by atoms with Gasteiger partial charge in [0.25, 0.3) is 6.47 Å². The number of hydrogen-bond acceptors (Lipinski definition) is 5. The van der Waals surface area contributed by atoms with E-state index in [4.69, 9.17) is 4.74 Å². The molecular weight excluding hydrogens is 251 g/mol. The van der Waals surface area contributed by atoms with E-state index in [9.17, 15) is 9.18 Å². The minimum absolute atomic E-state index is 0.142. The molecule has 6 heteroatoms. The summed E-state index contributed by atoms with van der Waals surface area (Å²) in [6.45, 7) is 0.348. The van der Waals surface area contributed by atoms with Crippen LogP contribution in [0.4, 0.5) is 4.39 Å². The van der Waals surface area contributed by atoms with Crippen LogP contribution < -0.4 is 4.74 Å². The largest absolute Gasteiger partial charge is 0.471 e. The zero-order valence-corrected chi connectivity index (χ0v) is 9.95. The van der Waals surface area contributed by atoms with E-state index in [1.165, 1.54) is 0 Å². The molecule has 0 spiro atoms. The van der Waals surface area contributed by atoms with E-state index in [-0.39, 0.29) is 31.3 Å². The highest BCUT2D eigenvalue weighted by molar-refractivity contribution is 5.37. The number of halogens is 1. The summed E-state index contributed by atoms with van der Waals surface area (Å²) in [6, 6.07) is 9.43. The first kappa shape index (κ1) is 12.9. The smallest absolute Gasteiger partial charge is 0.293 e. The topological polar surface area (TPSA) is 61.3 Å². The van der Waals surface area contributed by atoms with Crippen LogP contribution in [0.2, 0.25) is 0 Å². The van der Waals surface area contributed by atoms with Gasteiger partial charge >= 0.3 is 0 Å². The Labute approximate surface area is 109 Å². The first-order valence-corrected chi connectivity index (χ1v) is 5.53. The predicted molar refractivity (Wildman–Crippen MR) is 63.6 cm³/mol. The number of nitrogens with zero attached hydrogens (tertiary/aromatic N) is 2. The fraction of sp³-hybridized carbons (Fsp3) is 0.154. The second-order valence-electron chi connectivity index (χ2n) is 3.63. The zero-order chi connectivity index (χ0) is 13.5. The molecule has 98 valence electrons.